The second-order valence-electron chi connectivity index (χ2n) is 4.81. The average Bonchev–Trinajstić information content (AvgIpc) is 2.49. The van der Waals surface area contributed by atoms with E-state index in [1.54, 1.807) is 6.07 Å². The summed E-state index contributed by atoms with van der Waals surface area (Å²) in [6.45, 7) is 4.44. The lowest BCUT2D eigenvalue weighted by Crippen LogP contribution is -2.10. The first-order chi connectivity index (χ1) is 10.2. The van der Waals surface area contributed by atoms with Gasteiger partial charge < -0.3 is 9.72 Å². The Balaban J connectivity index is 2.27. The Bertz CT molecular complexity index is 853. The van der Waals surface area contributed by atoms with Crippen LogP contribution in [0.15, 0.2) is 47.3 Å². The fraction of sp³-hybridized carbons (Fsp3) is 0.176. The summed E-state index contributed by atoms with van der Waals surface area (Å²) < 4.78 is 5.61. The summed E-state index contributed by atoms with van der Waals surface area (Å²) in [6.07, 6.45) is 0. The summed E-state index contributed by atoms with van der Waals surface area (Å²) in [6, 6.07) is 13.2. The zero-order valence-corrected chi connectivity index (χ0v) is 12.0. The summed E-state index contributed by atoms with van der Waals surface area (Å²) in [7, 11) is 0. The molecule has 0 saturated heterocycles. The van der Waals surface area contributed by atoms with Gasteiger partial charge in [-0.3, -0.25) is 4.79 Å². The molecule has 1 aromatic heterocycles. The number of ether oxygens (including phenoxy) is 1. The van der Waals surface area contributed by atoms with Gasteiger partial charge in [-0.05, 0) is 37.6 Å². The first-order valence-corrected chi connectivity index (χ1v) is 6.92. The quantitative estimate of drug-likeness (QED) is 0.801. The van der Waals surface area contributed by atoms with Gasteiger partial charge in [-0.2, -0.15) is 0 Å². The van der Waals surface area contributed by atoms with E-state index in [2.05, 4.69) is 9.97 Å². The van der Waals surface area contributed by atoms with Crippen LogP contribution in [0.2, 0.25) is 0 Å². The number of nitrogens with zero attached hydrogens (tertiary/aromatic N) is 1. The molecule has 0 aliphatic heterocycles. The third-order valence-corrected chi connectivity index (χ3v) is 3.38. The van der Waals surface area contributed by atoms with Crippen molar-refractivity contribution in [2.75, 3.05) is 6.61 Å². The number of aryl methyl sites for hydroxylation is 1. The standard InChI is InChI=1S/C17H16N2O2/c1-3-21-14-10-5-4-8-12(14)16-18-15-11(2)7-6-9-13(15)17(20)19-16/h4-10H,3H2,1-2H3,(H,18,19,20). The predicted octanol–water partition coefficient (Wildman–Crippen LogP) is 3.30. The lowest BCUT2D eigenvalue weighted by molar-refractivity contribution is 0.341. The van der Waals surface area contributed by atoms with Crippen molar-refractivity contribution in [1.82, 2.24) is 9.97 Å². The third kappa shape index (κ3) is 2.40. The van der Waals surface area contributed by atoms with Crippen LogP contribution in [0.3, 0.4) is 0 Å². The van der Waals surface area contributed by atoms with Crippen LogP contribution in [-0.2, 0) is 0 Å². The van der Waals surface area contributed by atoms with Crippen molar-refractivity contribution >= 4 is 10.9 Å². The molecule has 0 spiro atoms. The molecule has 106 valence electrons. The van der Waals surface area contributed by atoms with Gasteiger partial charge in [-0.1, -0.05) is 24.3 Å². The summed E-state index contributed by atoms with van der Waals surface area (Å²) in [5.41, 5.74) is 2.36. The molecule has 0 unspecified atom stereocenters. The Labute approximate surface area is 122 Å². The van der Waals surface area contributed by atoms with Gasteiger partial charge in [0, 0.05) is 0 Å². The molecule has 3 aromatic rings. The number of fused-ring (bicyclic) bond motifs is 1. The highest BCUT2D eigenvalue weighted by Crippen LogP contribution is 2.27. The Kier molecular flexibility index (Phi) is 3.44. The van der Waals surface area contributed by atoms with E-state index in [0.717, 1.165) is 22.4 Å². The molecule has 0 radical (unpaired) electrons. The maximum atomic E-state index is 12.3. The van der Waals surface area contributed by atoms with E-state index in [-0.39, 0.29) is 5.56 Å². The molecule has 1 N–H and O–H groups in total. The first kappa shape index (κ1) is 13.4. The lowest BCUT2D eigenvalue weighted by atomic mass is 10.1. The number of benzene rings is 2. The van der Waals surface area contributed by atoms with Gasteiger partial charge in [-0.25, -0.2) is 4.98 Å². The summed E-state index contributed by atoms with van der Waals surface area (Å²) in [4.78, 5) is 19.7. The second-order valence-corrected chi connectivity index (χ2v) is 4.81. The molecule has 4 heteroatoms. The van der Waals surface area contributed by atoms with Crippen molar-refractivity contribution in [2.24, 2.45) is 0 Å². The number of nitrogens with one attached hydrogen (secondary N) is 1. The Morgan fingerprint density at radius 2 is 1.95 bits per heavy atom. The molecule has 0 aliphatic carbocycles. The smallest absolute Gasteiger partial charge is 0.259 e. The van der Waals surface area contributed by atoms with Gasteiger partial charge in [0.1, 0.15) is 11.6 Å². The van der Waals surface area contributed by atoms with Crippen molar-refractivity contribution in [1.29, 1.82) is 0 Å². The predicted molar refractivity (Wildman–Crippen MR) is 83.7 cm³/mol. The van der Waals surface area contributed by atoms with E-state index in [9.17, 15) is 4.79 Å². The molecule has 1 heterocycles. The van der Waals surface area contributed by atoms with Crippen LogP contribution in [0.25, 0.3) is 22.3 Å². The Morgan fingerprint density at radius 3 is 2.76 bits per heavy atom. The normalized spacial score (nSPS) is 10.8. The number of rotatable bonds is 3. The van der Waals surface area contributed by atoms with Crippen LogP contribution in [0.1, 0.15) is 12.5 Å². The second kappa shape index (κ2) is 5.40. The number of H-pyrrole nitrogens is 1. The van der Waals surface area contributed by atoms with Crippen LogP contribution in [0.4, 0.5) is 0 Å². The highest BCUT2D eigenvalue weighted by Gasteiger charge is 2.11. The molecule has 0 bridgehead atoms. The molecular formula is C17H16N2O2. The summed E-state index contributed by atoms with van der Waals surface area (Å²) in [5.74, 6) is 1.25. The van der Waals surface area contributed by atoms with Crippen LogP contribution >= 0.6 is 0 Å². The van der Waals surface area contributed by atoms with Crippen molar-refractivity contribution in [3.05, 3.63) is 58.4 Å². The third-order valence-electron chi connectivity index (χ3n) is 3.38. The monoisotopic (exact) mass is 280 g/mol. The molecule has 0 aliphatic rings. The fourth-order valence-corrected chi connectivity index (χ4v) is 2.38. The van der Waals surface area contributed by atoms with E-state index >= 15 is 0 Å². The first-order valence-electron chi connectivity index (χ1n) is 6.92. The molecule has 0 amide bonds. The minimum absolute atomic E-state index is 0.134. The van der Waals surface area contributed by atoms with E-state index in [4.69, 9.17) is 4.74 Å². The van der Waals surface area contributed by atoms with Crippen LogP contribution in [0.5, 0.6) is 5.75 Å². The SMILES string of the molecule is CCOc1ccccc1-c1nc2c(C)cccc2c(=O)[nH]1. The van der Waals surface area contributed by atoms with E-state index in [0.29, 0.717) is 17.8 Å². The topological polar surface area (TPSA) is 55.0 Å². The molecule has 2 aromatic carbocycles. The van der Waals surface area contributed by atoms with Gasteiger partial charge in [0.05, 0.1) is 23.1 Å². The highest BCUT2D eigenvalue weighted by molar-refractivity contribution is 5.82. The Morgan fingerprint density at radius 1 is 1.14 bits per heavy atom. The minimum atomic E-state index is -0.134. The maximum absolute atomic E-state index is 12.3. The van der Waals surface area contributed by atoms with Gasteiger partial charge in [0.15, 0.2) is 0 Å². The fourth-order valence-electron chi connectivity index (χ4n) is 2.38. The lowest BCUT2D eigenvalue weighted by Gasteiger charge is -2.10. The minimum Gasteiger partial charge on any atom is -0.493 e. The van der Waals surface area contributed by atoms with Gasteiger partial charge >= 0.3 is 0 Å². The van der Waals surface area contributed by atoms with E-state index in [1.165, 1.54) is 0 Å². The van der Waals surface area contributed by atoms with Crippen molar-refractivity contribution in [3.8, 4) is 17.1 Å². The molecule has 4 nitrogen and oxygen atoms in total. The van der Waals surface area contributed by atoms with Crippen molar-refractivity contribution < 1.29 is 4.74 Å². The zero-order valence-electron chi connectivity index (χ0n) is 12.0. The summed E-state index contributed by atoms with van der Waals surface area (Å²) in [5, 5.41) is 0.604. The zero-order chi connectivity index (χ0) is 14.8. The van der Waals surface area contributed by atoms with Gasteiger partial charge in [0.2, 0.25) is 0 Å². The van der Waals surface area contributed by atoms with E-state index < -0.39 is 0 Å². The maximum Gasteiger partial charge on any atom is 0.259 e. The molecule has 0 atom stereocenters. The molecular weight excluding hydrogens is 264 g/mol. The Hall–Kier alpha value is -2.62. The molecule has 0 fully saturated rings. The van der Waals surface area contributed by atoms with Crippen LogP contribution in [-0.4, -0.2) is 16.6 Å². The number of hydrogen-bond donors (Lipinski definition) is 1. The van der Waals surface area contributed by atoms with Crippen molar-refractivity contribution in [2.45, 2.75) is 13.8 Å². The molecule has 21 heavy (non-hydrogen) atoms. The van der Waals surface area contributed by atoms with Gasteiger partial charge in [0.25, 0.3) is 5.56 Å². The van der Waals surface area contributed by atoms with Crippen LogP contribution < -0.4 is 10.3 Å². The number of aromatic amines is 1. The molecule has 3 rings (SSSR count). The van der Waals surface area contributed by atoms with Crippen molar-refractivity contribution in [3.63, 3.8) is 0 Å². The molecule has 0 saturated carbocycles. The number of para-hydroxylation sites is 2. The average molecular weight is 280 g/mol. The van der Waals surface area contributed by atoms with Crippen LogP contribution in [0, 0.1) is 6.92 Å². The van der Waals surface area contributed by atoms with Gasteiger partial charge in [-0.15, -0.1) is 0 Å². The summed E-state index contributed by atoms with van der Waals surface area (Å²) >= 11 is 0. The largest absolute Gasteiger partial charge is 0.493 e. The number of hydrogen-bond acceptors (Lipinski definition) is 3. The highest BCUT2D eigenvalue weighted by atomic mass is 16.5. The number of aromatic nitrogens is 2. The van der Waals surface area contributed by atoms with E-state index in [1.807, 2.05) is 50.2 Å².